The Morgan fingerprint density at radius 3 is 3.00 bits per heavy atom. The van der Waals surface area contributed by atoms with Crippen LogP contribution in [-0.4, -0.2) is 36.8 Å². The quantitative estimate of drug-likeness (QED) is 0.875. The van der Waals surface area contributed by atoms with E-state index in [-0.39, 0.29) is 0 Å². The monoisotopic (exact) mass is 295 g/mol. The highest BCUT2D eigenvalue weighted by Gasteiger charge is 2.24. The first-order chi connectivity index (χ1) is 9.76. The Morgan fingerprint density at radius 2 is 2.30 bits per heavy atom. The minimum atomic E-state index is 0.315. The summed E-state index contributed by atoms with van der Waals surface area (Å²) in [5, 5.41) is 4.81. The lowest BCUT2D eigenvalue weighted by Gasteiger charge is -2.30. The smallest absolute Gasteiger partial charge is 0.185 e. The van der Waals surface area contributed by atoms with Crippen molar-refractivity contribution in [2.24, 2.45) is 0 Å². The van der Waals surface area contributed by atoms with Gasteiger partial charge in [-0.2, -0.15) is 0 Å². The lowest BCUT2D eigenvalue weighted by molar-refractivity contribution is 0.0532. The van der Waals surface area contributed by atoms with Gasteiger partial charge in [-0.25, -0.2) is 4.98 Å². The van der Waals surface area contributed by atoms with Crippen LogP contribution in [0.5, 0.6) is 0 Å². The number of aromatic nitrogens is 1. The Morgan fingerprint density at radius 1 is 1.45 bits per heavy atom. The summed E-state index contributed by atoms with van der Waals surface area (Å²) in [5.74, 6) is 0. The lowest BCUT2D eigenvalue weighted by atomic mass is 10.2. The van der Waals surface area contributed by atoms with Gasteiger partial charge in [0.25, 0.3) is 0 Å². The van der Waals surface area contributed by atoms with Gasteiger partial charge in [0.05, 0.1) is 18.4 Å². The first-order valence-corrected chi connectivity index (χ1v) is 8.66. The van der Waals surface area contributed by atoms with Gasteiger partial charge in [0.15, 0.2) is 5.13 Å². The van der Waals surface area contributed by atoms with Crippen LogP contribution in [0.25, 0.3) is 0 Å². The van der Waals surface area contributed by atoms with Crippen LogP contribution in [0, 0.1) is 0 Å². The van der Waals surface area contributed by atoms with E-state index in [1.54, 1.807) is 0 Å². The number of aryl methyl sites for hydroxylation is 1. The third-order valence-corrected chi connectivity index (χ3v) is 5.05. The largest absolute Gasteiger partial charge is 0.375 e. The van der Waals surface area contributed by atoms with Crippen LogP contribution in [0.2, 0.25) is 0 Å². The Labute approximate surface area is 125 Å². The molecule has 0 bridgehead atoms. The van der Waals surface area contributed by atoms with Crippen LogP contribution in [0.15, 0.2) is 0 Å². The summed E-state index contributed by atoms with van der Waals surface area (Å²) in [6.07, 6.45) is 5.26. The molecule has 2 aliphatic rings. The van der Waals surface area contributed by atoms with Crippen molar-refractivity contribution in [3.8, 4) is 0 Å². The fourth-order valence-electron chi connectivity index (χ4n) is 2.59. The van der Waals surface area contributed by atoms with Crippen molar-refractivity contribution in [1.82, 2.24) is 10.3 Å². The first kappa shape index (κ1) is 14.3. The van der Waals surface area contributed by atoms with Crippen molar-refractivity contribution in [1.29, 1.82) is 0 Å². The highest BCUT2D eigenvalue weighted by atomic mass is 32.1. The minimum Gasteiger partial charge on any atom is -0.375 e. The molecule has 1 aromatic rings. The summed E-state index contributed by atoms with van der Waals surface area (Å²) in [6.45, 7) is 8.13. The molecule has 2 heterocycles. The third-order valence-electron chi connectivity index (χ3n) is 3.89. The molecule has 3 rings (SSSR count). The molecule has 112 valence electrons. The average Bonchev–Trinajstić information content (AvgIpc) is 3.18. The highest BCUT2D eigenvalue weighted by molar-refractivity contribution is 7.15. The third kappa shape index (κ3) is 3.51. The van der Waals surface area contributed by atoms with E-state index in [0.717, 1.165) is 38.7 Å². The average molecular weight is 295 g/mol. The fraction of sp³-hybridized carbons (Fsp3) is 0.800. The standard InChI is InChI=1S/C15H25N3OS/c1-3-4-13-14(9-16-12-5-6-12)20-15(17-13)18-7-8-19-11(2)10-18/h11-12,16H,3-10H2,1-2H3. The normalized spacial score (nSPS) is 23.3. The second-order valence-corrected chi connectivity index (χ2v) is 6.96. The van der Waals surface area contributed by atoms with Crippen molar-refractivity contribution >= 4 is 16.5 Å². The summed E-state index contributed by atoms with van der Waals surface area (Å²) in [6, 6.07) is 0.762. The summed E-state index contributed by atoms with van der Waals surface area (Å²) in [4.78, 5) is 8.73. The van der Waals surface area contributed by atoms with Crippen LogP contribution in [0.4, 0.5) is 5.13 Å². The molecule has 0 spiro atoms. The van der Waals surface area contributed by atoms with Gasteiger partial charge in [0.1, 0.15) is 0 Å². The fourth-order valence-corrected chi connectivity index (χ4v) is 3.68. The molecule has 0 amide bonds. The summed E-state index contributed by atoms with van der Waals surface area (Å²) < 4.78 is 5.62. The van der Waals surface area contributed by atoms with Crippen LogP contribution < -0.4 is 10.2 Å². The molecule has 1 unspecified atom stereocenters. The van der Waals surface area contributed by atoms with Crippen LogP contribution in [0.3, 0.4) is 0 Å². The SMILES string of the molecule is CCCc1nc(N2CCOC(C)C2)sc1CNC1CC1. The van der Waals surface area contributed by atoms with E-state index in [2.05, 4.69) is 24.1 Å². The molecule has 0 aromatic carbocycles. The molecule has 1 atom stereocenters. The molecule has 1 aliphatic carbocycles. The lowest BCUT2D eigenvalue weighted by Crippen LogP contribution is -2.41. The van der Waals surface area contributed by atoms with Crippen LogP contribution >= 0.6 is 11.3 Å². The van der Waals surface area contributed by atoms with E-state index >= 15 is 0 Å². The molecular formula is C15H25N3OS. The van der Waals surface area contributed by atoms with E-state index in [9.17, 15) is 0 Å². The van der Waals surface area contributed by atoms with Gasteiger partial charge < -0.3 is 15.0 Å². The number of nitrogens with one attached hydrogen (secondary N) is 1. The summed E-state index contributed by atoms with van der Waals surface area (Å²) in [7, 11) is 0. The number of anilines is 1. The molecule has 1 saturated heterocycles. The number of nitrogens with zero attached hydrogens (tertiary/aromatic N) is 2. The zero-order valence-corrected chi connectivity index (χ0v) is 13.3. The van der Waals surface area contributed by atoms with E-state index < -0.39 is 0 Å². The van der Waals surface area contributed by atoms with E-state index in [4.69, 9.17) is 9.72 Å². The number of hydrogen-bond donors (Lipinski definition) is 1. The van der Waals surface area contributed by atoms with Gasteiger partial charge in [-0.15, -0.1) is 11.3 Å². The minimum absolute atomic E-state index is 0.315. The van der Waals surface area contributed by atoms with E-state index in [1.165, 1.54) is 35.0 Å². The Hall–Kier alpha value is -0.650. The molecule has 20 heavy (non-hydrogen) atoms. The molecule has 1 saturated carbocycles. The second-order valence-electron chi connectivity index (χ2n) is 5.90. The molecule has 1 N–H and O–H groups in total. The zero-order chi connectivity index (χ0) is 13.9. The van der Waals surface area contributed by atoms with Crippen molar-refractivity contribution < 1.29 is 4.74 Å². The number of thiazole rings is 1. The molecule has 1 aromatic heterocycles. The Kier molecular flexibility index (Phi) is 4.58. The van der Waals surface area contributed by atoms with Crippen molar-refractivity contribution in [2.45, 2.75) is 58.2 Å². The Bertz CT molecular complexity index is 444. The maximum atomic E-state index is 5.62. The molecule has 2 fully saturated rings. The molecule has 5 heteroatoms. The number of rotatable bonds is 6. The van der Waals surface area contributed by atoms with Gasteiger partial charge >= 0.3 is 0 Å². The topological polar surface area (TPSA) is 37.4 Å². The van der Waals surface area contributed by atoms with Gasteiger partial charge in [-0.1, -0.05) is 13.3 Å². The molecular weight excluding hydrogens is 270 g/mol. The second kappa shape index (κ2) is 6.41. The Balaban J connectivity index is 1.70. The van der Waals surface area contributed by atoms with E-state index in [1.807, 2.05) is 11.3 Å². The van der Waals surface area contributed by atoms with Crippen LogP contribution in [0.1, 0.15) is 43.7 Å². The first-order valence-electron chi connectivity index (χ1n) is 7.84. The summed E-state index contributed by atoms with van der Waals surface area (Å²) in [5.41, 5.74) is 1.31. The number of morpholine rings is 1. The zero-order valence-electron chi connectivity index (χ0n) is 12.5. The maximum absolute atomic E-state index is 5.62. The molecule has 1 aliphatic heterocycles. The van der Waals surface area contributed by atoms with E-state index in [0.29, 0.717) is 6.10 Å². The van der Waals surface area contributed by atoms with Gasteiger partial charge in [-0.3, -0.25) is 0 Å². The predicted molar refractivity (Wildman–Crippen MR) is 83.6 cm³/mol. The van der Waals surface area contributed by atoms with Crippen molar-refractivity contribution in [3.05, 3.63) is 10.6 Å². The number of ether oxygens (including phenoxy) is 1. The molecule has 0 radical (unpaired) electrons. The summed E-state index contributed by atoms with van der Waals surface area (Å²) >= 11 is 1.87. The van der Waals surface area contributed by atoms with Crippen molar-refractivity contribution in [3.63, 3.8) is 0 Å². The van der Waals surface area contributed by atoms with Crippen LogP contribution in [-0.2, 0) is 17.7 Å². The van der Waals surface area contributed by atoms with Crippen molar-refractivity contribution in [2.75, 3.05) is 24.6 Å². The maximum Gasteiger partial charge on any atom is 0.185 e. The van der Waals surface area contributed by atoms with Gasteiger partial charge in [0.2, 0.25) is 0 Å². The van der Waals surface area contributed by atoms with Gasteiger partial charge in [-0.05, 0) is 26.2 Å². The highest BCUT2D eigenvalue weighted by Crippen LogP contribution is 2.29. The number of hydrogen-bond acceptors (Lipinski definition) is 5. The molecule has 4 nitrogen and oxygen atoms in total. The predicted octanol–water partition coefficient (Wildman–Crippen LogP) is 2.57. The van der Waals surface area contributed by atoms with Gasteiger partial charge in [0, 0.05) is 30.6 Å².